The Morgan fingerprint density at radius 1 is 1.38 bits per heavy atom. The molecule has 1 rings (SSSR count). The summed E-state index contributed by atoms with van der Waals surface area (Å²) in [5.41, 5.74) is 0.528. The quantitative estimate of drug-likeness (QED) is 0.529. The smallest absolute Gasteiger partial charge is 0.478 e. The van der Waals surface area contributed by atoms with E-state index in [2.05, 4.69) is 0 Å². The first-order valence-electron chi connectivity index (χ1n) is 3.73. The molecule has 0 unspecified atom stereocenters. The van der Waals surface area contributed by atoms with Crippen LogP contribution in [-0.2, 0) is 0 Å². The molecule has 0 radical (unpaired) electrons. The average Bonchev–Trinajstić information content (AvgIpc) is 2.02. The van der Waals surface area contributed by atoms with Crippen LogP contribution in [0.2, 0.25) is 0 Å². The molecule has 0 saturated carbocycles. The highest BCUT2D eigenvalue weighted by atomic mass is 16.4. The van der Waals surface area contributed by atoms with E-state index in [9.17, 15) is 4.79 Å². The zero-order valence-corrected chi connectivity index (χ0v) is 7.06. The largest absolute Gasteiger partial charge is 0.489 e. The van der Waals surface area contributed by atoms with Crippen LogP contribution in [0.5, 0.6) is 0 Å². The van der Waals surface area contributed by atoms with Gasteiger partial charge in [-0.3, -0.25) is 0 Å². The third-order valence-electron chi connectivity index (χ3n) is 1.81. The summed E-state index contributed by atoms with van der Waals surface area (Å²) in [7, 11) is -1.74. The standard InChI is InChI=1S/C8H9BO4/c1-5-3-2-4-6(8(10)11)7(5)9(12)13/h2-4,12-13H,1H3,(H,10,11). The fourth-order valence-electron chi connectivity index (χ4n) is 1.21. The fraction of sp³-hybridized carbons (Fsp3) is 0.125. The Morgan fingerprint density at radius 2 is 2.00 bits per heavy atom. The number of benzene rings is 1. The van der Waals surface area contributed by atoms with E-state index in [0.29, 0.717) is 5.56 Å². The van der Waals surface area contributed by atoms with Gasteiger partial charge in [0, 0.05) is 0 Å². The lowest BCUT2D eigenvalue weighted by atomic mass is 9.74. The SMILES string of the molecule is Cc1cccc(C(=O)O)c1B(O)O. The minimum absolute atomic E-state index is 0.0509. The number of aryl methyl sites for hydroxylation is 1. The van der Waals surface area contributed by atoms with Crippen molar-refractivity contribution in [2.75, 3.05) is 0 Å². The van der Waals surface area contributed by atoms with Gasteiger partial charge in [0.2, 0.25) is 0 Å². The molecule has 1 aromatic rings. The maximum atomic E-state index is 10.7. The zero-order valence-electron chi connectivity index (χ0n) is 7.06. The lowest BCUT2D eigenvalue weighted by Crippen LogP contribution is -2.36. The highest BCUT2D eigenvalue weighted by molar-refractivity contribution is 6.60. The Hall–Kier alpha value is -1.33. The van der Waals surface area contributed by atoms with Crippen molar-refractivity contribution in [3.63, 3.8) is 0 Å². The molecule has 3 N–H and O–H groups in total. The second-order valence-electron chi connectivity index (χ2n) is 2.71. The molecular formula is C8H9BO4. The summed E-state index contributed by atoms with van der Waals surface area (Å²) in [4.78, 5) is 10.7. The van der Waals surface area contributed by atoms with E-state index in [1.807, 2.05) is 0 Å². The van der Waals surface area contributed by atoms with E-state index in [1.165, 1.54) is 6.07 Å². The molecule has 0 aliphatic rings. The molecule has 0 saturated heterocycles. The van der Waals surface area contributed by atoms with Crippen LogP contribution in [0.4, 0.5) is 0 Å². The van der Waals surface area contributed by atoms with Gasteiger partial charge in [0.05, 0.1) is 5.56 Å². The Kier molecular flexibility index (Phi) is 2.70. The van der Waals surface area contributed by atoms with Gasteiger partial charge in [-0.15, -0.1) is 0 Å². The van der Waals surface area contributed by atoms with Gasteiger partial charge in [-0.05, 0) is 18.5 Å². The van der Waals surface area contributed by atoms with Crippen LogP contribution in [0, 0.1) is 6.92 Å². The van der Waals surface area contributed by atoms with Gasteiger partial charge in [-0.25, -0.2) is 4.79 Å². The Bertz CT molecular complexity index is 335. The summed E-state index contributed by atoms with van der Waals surface area (Å²) in [6.45, 7) is 1.63. The van der Waals surface area contributed by atoms with Crippen molar-refractivity contribution in [1.82, 2.24) is 0 Å². The number of hydrogen-bond donors (Lipinski definition) is 3. The predicted molar refractivity (Wildman–Crippen MR) is 48.0 cm³/mol. The minimum atomic E-state index is -1.74. The van der Waals surface area contributed by atoms with Gasteiger partial charge in [0.15, 0.2) is 0 Å². The number of carboxylic acids is 1. The number of carboxylic acid groups (broad SMARTS) is 1. The number of rotatable bonds is 2. The summed E-state index contributed by atoms with van der Waals surface area (Å²) >= 11 is 0. The lowest BCUT2D eigenvalue weighted by Gasteiger charge is -2.07. The van der Waals surface area contributed by atoms with Gasteiger partial charge >= 0.3 is 13.1 Å². The van der Waals surface area contributed by atoms with E-state index in [1.54, 1.807) is 19.1 Å². The molecule has 13 heavy (non-hydrogen) atoms. The zero-order chi connectivity index (χ0) is 10.0. The monoisotopic (exact) mass is 180 g/mol. The first-order chi connectivity index (χ1) is 6.04. The molecule has 1 aromatic carbocycles. The third-order valence-corrected chi connectivity index (χ3v) is 1.81. The fourth-order valence-corrected chi connectivity index (χ4v) is 1.21. The van der Waals surface area contributed by atoms with Crippen LogP contribution >= 0.6 is 0 Å². The number of hydrogen-bond acceptors (Lipinski definition) is 3. The second-order valence-corrected chi connectivity index (χ2v) is 2.71. The van der Waals surface area contributed by atoms with Crippen molar-refractivity contribution >= 4 is 18.6 Å². The molecule has 0 aliphatic carbocycles. The van der Waals surface area contributed by atoms with Gasteiger partial charge in [-0.2, -0.15) is 0 Å². The molecule has 0 bridgehead atoms. The molecule has 0 spiro atoms. The minimum Gasteiger partial charge on any atom is -0.478 e. The molecule has 0 amide bonds. The van der Waals surface area contributed by atoms with Crippen molar-refractivity contribution in [1.29, 1.82) is 0 Å². The van der Waals surface area contributed by atoms with E-state index in [0.717, 1.165) is 0 Å². The van der Waals surface area contributed by atoms with E-state index < -0.39 is 13.1 Å². The van der Waals surface area contributed by atoms with E-state index in [4.69, 9.17) is 15.2 Å². The van der Waals surface area contributed by atoms with Gasteiger partial charge in [0.25, 0.3) is 0 Å². The molecule has 0 heterocycles. The normalized spacial score (nSPS) is 9.77. The van der Waals surface area contributed by atoms with Crippen LogP contribution in [0.25, 0.3) is 0 Å². The molecule has 68 valence electrons. The Balaban J connectivity index is 3.34. The van der Waals surface area contributed by atoms with E-state index in [-0.39, 0.29) is 11.0 Å². The van der Waals surface area contributed by atoms with Crippen molar-refractivity contribution in [3.8, 4) is 0 Å². The van der Waals surface area contributed by atoms with Crippen molar-refractivity contribution in [2.45, 2.75) is 6.92 Å². The first-order valence-corrected chi connectivity index (χ1v) is 3.73. The topological polar surface area (TPSA) is 77.8 Å². The molecular weight excluding hydrogens is 171 g/mol. The molecule has 0 fully saturated rings. The van der Waals surface area contributed by atoms with Gasteiger partial charge in [-0.1, -0.05) is 17.7 Å². The lowest BCUT2D eigenvalue weighted by molar-refractivity contribution is 0.0697. The van der Waals surface area contributed by atoms with Crippen LogP contribution in [0.15, 0.2) is 18.2 Å². The average molecular weight is 180 g/mol. The van der Waals surface area contributed by atoms with Crippen molar-refractivity contribution in [3.05, 3.63) is 29.3 Å². The summed E-state index contributed by atoms with van der Waals surface area (Å²) in [5.74, 6) is -1.16. The molecule has 0 atom stereocenters. The van der Waals surface area contributed by atoms with Crippen LogP contribution in [-0.4, -0.2) is 28.2 Å². The number of carbonyl (C=O) groups is 1. The summed E-state index contributed by atoms with van der Waals surface area (Å²) < 4.78 is 0. The van der Waals surface area contributed by atoms with Crippen LogP contribution < -0.4 is 5.46 Å². The van der Waals surface area contributed by atoms with Crippen molar-refractivity contribution in [2.24, 2.45) is 0 Å². The van der Waals surface area contributed by atoms with E-state index >= 15 is 0 Å². The summed E-state index contributed by atoms with van der Waals surface area (Å²) in [5, 5.41) is 26.6. The summed E-state index contributed by atoms with van der Waals surface area (Å²) in [6, 6.07) is 4.52. The predicted octanol–water partition coefficient (Wildman–Crippen LogP) is -0.627. The first kappa shape index (κ1) is 9.76. The molecule has 0 aliphatic heterocycles. The molecule has 0 aromatic heterocycles. The van der Waals surface area contributed by atoms with Crippen LogP contribution in [0.1, 0.15) is 15.9 Å². The second kappa shape index (κ2) is 3.59. The van der Waals surface area contributed by atoms with Gasteiger partial charge < -0.3 is 15.2 Å². The Labute approximate surface area is 75.6 Å². The molecule has 4 nitrogen and oxygen atoms in total. The maximum Gasteiger partial charge on any atom is 0.489 e. The highest BCUT2D eigenvalue weighted by Crippen LogP contribution is 2.02. The molecule has 5 heteroatoms. The van der Waals surface area contributed by atoms with Crippen molar-refractivity contribution < 1.29 is 19.9 Å². The number of aromatic carboxylic acids is 1. The Morgan fingerprint density at radius 3 is 2.38 bits per heavy atom. The third kappa shape index (κ3) is 1.88. The van der Waals surface area contributed by atoms with Crippen LogP contribution in [0.3, 0.4) is 0 Å². The maximum absolute atomic E-state index is 10.7. The van der Waals surface area contributed by atoms with Gasteiger partial charge in [0.1, 0.15) is 0 Å². The summed E-state index contributed by atoms with van der Waals surface area (Å²) in [6.07, 6.45) is 0. The highest BCUT2D eigenvalue weighted by Gasteiger charge is 2.21.